The quantitative estimate of drug-likeness (QED) is 0.0664. The van der Waals surface area contributed by atoms with Gasteiger partial charge in [-0.3, -0.25) is 0 Å². The molecule has 0 radical (unpaired) electrons. The van der Waals surface area contributed by atoms with Crippen molar-refractivity contribution in [1.82, 2.24) is 0 Å². The summed E-state index contributed by atoms with van der Waals surface area (Å²) in [6, 6.07) is 0. The second kappa shape index (κ2) is 29.0. The van der Waals surface area contributed by atoms with E-state index in [1.54, 1.807) is 50.3 Å². The van der Waals surface area contributed by atoms with Gasteiger partial charge in [0.05, 0.1) is 24.6 Å². The van der Waals surface area contributed by atoms with E-state index in [2.05, 4.69) is 27.7 Å². The van der Waals surface area contributed by atoms with Crippen molar-refractivity contribution in [2.75, 3.05) is 24.6 Å². The van der Waals surface area contributed by atoms with Gasteiger partial charge in [-0.2, -0.15) is 0 Å². The van der Waals surface area contributed by atoms with Crippen LogP contribution in [0.4, 0.5) is 0 Å². The van der Waals surface area contributed by atoms with E-state index >= 15 is 0 Å². The molecule has 35 heavy (non-hydrogen) atoms. The minimum atomic E-state index is -0.701. The lowest BCUT2D eigenvalue weighted by molar-refractivity contribution is 0.538. The summed E-state index contributed by atoms with van der Waals surface area (Å²) in [7, 11) is -0.701. The summed E-state index contributed by atoms with van der Waals surface area (Å²) >= 11 is 0. The summed E-state index contributed by atoms with van der Waals surface area (Å²) in [6.07, 6.45) is 45.1. The molecule has 212 valence electrons. The zero-order valence-electron chi connectivity index (χ0n) is 25.7. The summed E-state index contributed by atoms with van der Waals surface area (Å²) in [6.45, 7) is 9.42. The first-order valence-electron chi connectivity index (χ1n) is 17.1. The summed E-state index contributed by atoms with van der Waals surface area (Å²) in [5.74, 6) is 0. The Morgan fingerprint density at radius 3 is 0.629 bits per heavy atom. The van der Waals surface area contributed by atoms with Crippen LogP contribution in [-0.2, 0) is 0 Å². The van der Waals surface area contributed by atoms with Gasteiger partial charge in [-0.15, -0.1) is 0 Å². The maximum Gasteiger partial charge on any atom is 0.0594 e. The third kappa shape index (κ3) is 24.5. The molecule has 0 spiro atoms. The molecule has 0 saturated heterocycles. The molecular formula is C34H72P+. The molecule has 0 unspecified atom stereocenters. The van der Waals surface area contributed by atoms with Gasteiger partial charge in [0, 0.05) is 7.26 Å². The molecule has 0 aromatic heterocycles. The third-order valence-corrected chi connectivity index (χ3v) is 13.5. The molecule has 0 fully saturated rings. The van der Waals surface area contributed by atoms with E-state index in [1.807, 2.05) is 0 Å². The summed E-state index contributed by atoms with van der Waals surface area (Å²) in [4.78, 5) is 0. The highest BCUT2D eigenvalue weighted by atomic mass is 31.2. The van der Waals surface area contributed by atoms with Gasteiger partial charge in [0.1, 0.15) is 0 Å². The van der Waals surface area contributed by atoms with Crippen LogP contribution in [0.25, 0.3) is 0 Å². The van der Waals surface area contributed by atoms with E-state index in [0.717, 1.165) is 0 Å². The summed E-state index contributed by atoms with van der Waals surface area (Å²) in [5, 5.41) is 0. The average Bonchev–Trinajstić information content (AvgIpc) is 2.87. The molecule has 0 saturated carbocycles. The van der Waals surface area contributed by atoms with Crippen molar-refractivity contribution >= 4 is 7.26 Å². The minimum absolute atomic E-state index is 0.701. The first-order chi connectivity index (χ1) is 17.2. The molecule has 0 aliphatic heterocycles. The van der Waals surface area contributed by atoms with Gasteiger partial charge in [-0.1, -0.05) is 143 Å². The van der Waals surface area contributed by atoms with Crippen molar-refractivity contribution in [3.8, 4) is 0 Å². The van der Waals surface area contributed by atoms with Crippen molar-refractivity contribution in [3.05, 3.63) is 0 Å². The standard InChI is InChI=1S/C34H72P/c1-5-9-13-17-18-19-20-21-22-23-24-25-26-30-34-35(31-27-14-10-6-2,32-28-15-11-7-3)33-29-16-12-8-4/h5-34H2,1-4H3/q+1. The molecule has 0 aromatic carbocycles. The average molecular weight is 512 g/mol. The van der Waals surface area contributed by atoms with Gasteiger partial charge in [-0.25, -0.2) is 0 Å². The molecule has 0 heterocycles. The van der Waals surface area contributed by atoms with Gasteiger partial charge < -0.3 is 0 Å². The monoisotopic (exact) mass is 512 g/mol. The third-order valence-electron chi connectivity index (χ3n) is 8.44. The smallest absolute Gasteiger partial charge is 0.0594 e. The fraction of sp³-hybridized carbons (Fsp3) is 1.00. The van der Waals surface area contributed by atoms with E-state index in [0.29, 0.717) is 0 Å². The Bertz CT molecular complexity index is 346. The zero-order valence-corrected chi connectivity index (χ0v) is 26.6. The van der Waals surface area contributed by atoms with Crippen LogP contribution in [0, 0.1) is 0 Å². The molecule has 0 aliphatic carbocycles. The Hall–Kier alpha value is 0.430. The van der Waals surface area contributed by atoms with Crippen LogP contribution in [-0.4, -0.2) is 24.6 Å². The maximum absolute atomic E-state index is 2.37. The van der Waals surface area contributed by atoms with Gasteiger partial charge in [0.25, 0.3) is 0 Å². The lowest BCUT2D eigenvalue weighted by Crippen LogP contribution is -2.13. The number of hydrogen-bond acceptors (Lipinski definition) is 0. The zero-order chi connectivity index (χ0) is 25.7. The SMILES string of the molecule is CCCCCCCCCCCCCCCC[P+](CCCCCC)(CCCCCC)CCCCCC. The lowest BCUT2D eigenvalue weighted by atomic mass is 10.0. The molecule has 0 nitrogen and oxygen atoms in total. The molecule has 0 rings (SSSR count). The molecule has 0 N–H and O–H groups in total. The topological polar surface area (TPSA) is 0 Å². The van der Waals surface area contributed by atoms with Crippen LogP contribution in [0.3, 0.4) is 0 Å². The normalized spacial score (nSPS) is 12.0. The van der Waals surface area contributed by atoms with Gasteiger partial charge >= 0.3 is 0 Å². The van der Waals surface area contributed by atoms with Crippen LogP contribution in [0.1, 0.15) is 195 Å². The second-order valence-corrected chi connectivity index (χ2v) is 16.5. The van der Waals surface area contributed by atoms with Crippen molar-refractivity contribution in [2.24, 2.45) is 0 Å². The maximum atomic E-state index is 2.37. The lowest BCUT2D eigenvalue weighted by Gasteiger charge is -2.28. The van der Waals surface area contributed by atoms with E-state index in [4.69, 9.17) is 0 Å². The molecule has 0 aliphatic rings. The Kier molecular flexibility index (Phi) is 29.3. The predicted octanol–water partition coefficient (Wildman–Crippen LogP) is 13.2. The van der Waals surface area contributed by atoms with E-state index in [1.165, 1.54) is 141 Å². The Morgan fingerprint density at radius 1 is 0.229 bits per heavy atom. The Morgan fingerprint density at radius 2 is 0.400 bits per heavy atom. The second-order valence-electron chi connectivity index (χ2n) is 12.0. The van der Waals surface area contributed by atoms with Crippen LogP contribution < -0.4 is 0 Å². The van der Waals surface area contributed by atoms with Gasteiger partial charge in [0.2, 0.25) is 0 Å². The van der Waals surface area contributed by atoms with Crippen LogP contribution in [0.5, 0.6) is 0 Å². The number of rotatable bonds is 30. The predicted molar refractivity (Wildman–Crippen MR) is 169 cm³/mol. The molecule has 0 aromatic rings. The summed E-state index contributed by atoms with van der Waals surface area (Å²) < 4.78 is 0. The molecule has 0 amide bonds. The highest BCUT2D eigenvalue weighted by molar-refractivity contribution is 7.75. The minimum Gasteiger partial charge on any atom is -0.0654 e. The highest BCUT2D eigenvalue weighted by Gasteiger charge is 2.34. The largest absolute Gasteiger partial charge is 0.0654 e. The molecule has 0 atom stereocenters. The van der Waals surface area contributed by atoms with E-state index in [9.17, 15) is 0 Å². The molecule has 0 bridgehead atoms. The fourth-order valence-electron chi connectivity index (χ4n) is 5.93. The summed E-state index contributed by atoms with van der Waals surface area (Å²) in [5.41, 5.74) is 0. The first-order valence-corrected chi connectivity index (χ1v) is 19.6. The van der Waals surface area contributed by atoms with Crippen LogP contribution in [0.2, 0.25) is 0 Å². The van der Waals surface area contributed by atoms with Crippen molar-refractivity contribution in [3.63, 3.8) is 0 Å². The highest BCUT2D eigenvalue weighted by Crippen LogP contribution is 2.61. The molecule has 1 heteroatoms. The Balaban J connectivity index is 4.23. The van der Waals surface area contributed by atoms with E-state index < -0.39 is 7.26 Å². The first kappa shape index (κ1) is 35.4. The van der Waals surface area contributed by atoms with Crippen LogP contribution in [0.15, 0.2) is 0 Å². The Labute approximate surface area is 226 Å². The fourth-order valence-corrected chi connectivity index (χ4v) is 10.9. The number of hydrogen-bond donors (Lipinski definition) is 0. The molecular weight excluding hydrogens is 439 g/mol. The van der Waals surface area contributed by atoms with Crippen LogP contribution >= 0.6 is 7.26 Å². The van der Waals surface area contributed by atoms with Crippen molar-refractivity contribution in [2.45, 2.75) is 195 Å². The van der Waals surface area contributed by atoms with Crippen molar-refractivity contribution in [1.29, 1.82) is 0 Å². The van der Waals surface area contributed by atoms with Gasteiger partial charge in [-0.05, 0) is 51.4 Å². The van der Waals surface area contributed by atoms with Crippen molar-refractivity contribution < 1.29 is 0 Å². The van der Waals surface area contributed by atoms with E-state index in [-0.39, 0.29) is 0 Å². The number of unbranched alkanes of at least 4 members (excludes halogenated alkanes) is 22. The van der Waals surface area contributed by atoms with Gasteiger partial charge in [0.15, 0.2) is 0 Å².